The molecule has 2 aliphatic heterocycles. The Morgan fingerprint density at radius 2 is 2.00 bits per heavy atom. The van der Waals surface area contributed by atoms with Crippen LogP contribution in [0, 0.1) is 11.8 Å². The molecule has 0 aromatic heterocycles. The summed E-state index contributed by atoms with van der Waals surface area (Å²) in [6.45, 7) is 8.17. The number of aliphatic hydroxyl groups is 1. The van der Waals surface area contributed by atoms with Crippen molar-refractivity contribution in [3.63, 3.8) is 0 Å². The summed E-state index contributed by atoms with van der Waals surface area (Å²) < 4.78 is 0. The summed E-state index contributed by atoms with van der Waals surface area (Å²) in [5, 5.41) is 12.3. The third-order valence-corrected chi connectivity index (χ3v) is 4.68. The molecule has 2 aliphatic rings. The van der Waals surface area contributed by atoms with E-state index in [2.05, 4.69) is 17.1 Å². The second kappa shape index (κ2) is 8.59. The predicted octanol–water partition coefficient (Wildman–Crippen LogP) is 1.52. The standard InChI is InChI=1S/C16H31N3O2/c1-14(11-18-7-3-2-4-8-18)10-17-16(21)19-9-5-6-15(12-19)13-20/h14-15,20H,2-13H2,1H3,(H,17,21). The van der Waals surface area contributed by atoms with Crippen LogP contribution in [0.25, 0.3) is 0 Å². The number of aliphatic hydroxyl groups excluding tert-OH is 1. The van der Waals surface area contributed by atoms with Gasteiger partial charge in [-0.1, -0.05) is 13.3 Å². The smallest absolute Gasteiger partial charge is 0.317 e. The number of amides is 2. The van der Waals surface area contributed by atoms with Crippen LogP contribution in [0.3, 0.4) is 0 Å². The molecule has 0 bridgehead atoms. The molecule has 2 amide bonds. The molecule has 21 heavy (non-hydrogen) atoms. The van der Waals surface area contributed by atoms with E-state index in [4.69, 9.17) is 0 Å². The Morgan fingerprint density at radius 1 is 1.24 bits per heavy atom. The third-order valence-electron chi connectivity index (χ3n) is 4.68. The minimum absolute atomic E-state index is 0.0404. The van der Waals surface area contributed by atoms with Crippen molar-refractivity contribution in [3.05, 3.63) is 0 Å². The molecule has 2 fully saturated rings. The van der Waals surface area contributed by atoms with Crippen LogP contribution in [-0.2, 0) is 0 Å². The van der Waals surface area contributed by atoms with Gasteiger partial charge in [0.25, 0.3) is 0 Å². The first-order chi connectivity index (χ1) is 10.2. The van der Waals surface area contributed by atoms with Crippen LogP contribution in [0.15, 0.2) is 0 Å². The maximum Gasteiger partial charge on any atom is 0.317 e. The molecule has 0 saturated carbocycles. The van der Waals surface area contributed by atoms with Crippen molar-refractivity contribution in [2.24, 2.45) is 11.8 Å². The van der Waals surface area contributed by atoms with Gasteiger partial charge in [0.1, 0.15) is 0 Å². The van der Waals surface area contributed by atoms with Crippen LogP contribution in [0.5, 0.6) is 0 Å². The van der Waals surface area contributed by atoms with Crippen molar-refractivity contribution in [1.82, 2.24) is 15.1 Å². The van der Waals surface area contributed by atoms with Gasteiger partial charge < -0.3 is 20.2 Å². The number of carbonyl (C=O) groups excluding carboxylic acids is 1. The van der Waals surface area contributed by atoms with Gasteiger partial charge in [0.15, 0.2) is 0 Å². The van der Waals surface area contributed by atoms with Gasteiger partial charge in [-0.15, -0.1) is 0 Å². The van der Waals surface area contributed by atoms with Gasteiger partial charge in [0.2, 0.25) is 0 Å². The van der Waals surface area contributed by atoms with E-state index in [1.807, 2.05) is 4.90 Å². The lowest BCUT2D eigenvalue weighted by Gasteiger charge is -2.33. The number of carbonyl (C=O) groups is 1. The zero-order valence-electron chi connectivity index (χ0n) is 13.4. The van der Waals surface area contributed by atoms with E-state index in [-0.39, 0.29) is 18.6 Å². The van der Waals surface area contributed by atoms with Crippen LogP contribution in [0.4, 0.5) is 4.79 Å². The number of urea groups is 1. The van der Waals surface area contributed by atoms with Gasteiger partial charge in [-0.05, 0) is 50.6 Å². The van der Waals surface area contributed by atoms with Gasteiger partial charge in [0.05, 0.1) is 0 Å². The molecule has 2 unspecified atom stereocenters. The molecule has 2 atom stereocenters. The number of likely N-dealkylation sites (tertiary alicyclic amines) is 2. The molecule has 2 saturated heterocycles. The zero-order valence-corrected chi connectivity index (χ0v) is 13.4. The Bertz CT molecular complexity index is 319. The minimum Gasteiger partial charge on any atom is -0.396 e. The van der Waals surface area contributed by atoms with Crippen molar-refractivity contribution in [1.29, 1.82) is 0 Å². The zero-order chi connectivity index (χ0) is 15.1. The van der Waals surface area contributed by atoms with Crippen LogP contribution < -0.4 is 5.32 Å². The van der Waals surface area contributed by atoms with Crippen LogP contribution in [-0.4, -0.2) is 66.8 Å². The molecule has 122 valence electrons. The normalized spacial score (nSPS) is 25.6. The van der Waals surface area contributed by atoms with E-state index in [1.54, 1.807) is 0 Å². The summed E-state index contributed by atoms with van der Waals surface area (Å²) in [7, 11) is 0. The quantitative estimate of drug-likeness (QED) is 0.809. The highest BCUT2D eigenvalue weighted by Crippen LogP contribution is 2.16. The summed E-state index contributed by atoms with van der Waals surface area (Å²) in [4.78, 5) is 16.6. The first kappa shape index (κ1) is 16.6. The van der Waals surface area contributed by atoms with E-state index in [0.717, 1.165) is 32.5 Å². The predicted molar refractivity (Wildman–Crippen MR) is 84.2 cm³/mol. The summed E-state index contributed by atoms with van der Waals surface area (Å²) in [5.74, 6) is 0.751. The van der Waals surface area contributed by atoms with Crippen molar-refractivity contribution in [2.75, 3.05) is 45.9 Å². The van der Waals surface area contributed by atoms with Crippen molar-refractivity contribution >= 4 is 6.03 Å². The molecular weight excluding hydrogens is 266 g/mol. The fourth-order valence-electron chi connectivity index (χ4n) is 3.42. The molecule has 5 nitrogen and oxygen atoms in total. The third kappa shape index (κ3) is 5.47. The molecule has 5 heteroatoms. The van der Waals surface area contributed by atoms with E-state index < -0.39 is 0 Å². The highest BCUT2D eigenvalue weighted by atomic mass is 16.3. The number of nitrogens with one attached hydrogen (secondary N) is 1. The maximum atomic E-state index is 12.2. The Balaban J connectivity index is 1.65. The molecule has 2 N–H and O–H groups in total. The van der Waals surface area contributed by atoms with Crippen molar-refractivity contribution < 1.29 is 9.90 Å². The van der Waals surface area contributed by atoms with Crippen LogP contribution in [0.2, 0.25) is 0 Å². The van der Waals surface area contributed by atoms with E-state index in [9.17, 15) is 9.90 Å². The van der Waals surface area contributed by atoms with Gasteiger partial charge in [-0.3, -0.25) is 0 Å². The summed E-state index contributed by atoms with van der Waals surface area (Å²) >= 11 is 0. The van der Waals surface area contributed by atoms with E-state index in [0.29, 0.717) is 12.5 Å². The second-order valence-electron chi connectivity index (χ2n) is 6.79. The number of piperidine rings is 2. The van der Waals surface area contributed by atoms with Crippen molar-refractivity contribution in [2.45, 2.75) is 39.0 Å². The topological polar surface area (TPSA) is 55.8 Å². The lowest BCUT2D eigenvalue weighted by Crippen LogP contribution is -2.47. The Morgan fingerprint density at radius 3 is 2.71 bits per heavy atom. The molecule has 0 spiro atoms. The summed E-state index contributed by atoms with van der Waals surface area (Å²) in [6, 6.07) is 0.0404. The molecule has 2 rings (SSSR count). The lowest BCUT2D eigenvalue weighted by atomic mass is 9.99. The van der Waals surface area contributed by atoms with Gasteiger partial charge in [0, 0.05) is 32.8 Å². The molecule has 0 aliphatic carbocycles. The minimum atomic E-state index is 0.0404. The molecule has 2 heterocycles. The first-order valence-electron chi connectivity index (χ1n) is 8.55. The average Bonchev–Trinajstić information content (AvgIpc) is 2.53. The fourth-order valence-corrected chi connectivity index (χ4v) is 3.42. The molecule has 0 radical (unpaired) electrons. The van der Waals surface area contributed by atoms with E-state index in [1.165, 1.54) is 32.4 Å². The first-order valence-corrected chi connectivity index (χ1v) is 8.55. The molecule has 0 aromatic rings. The molecule has 0 aromatic carbocycles. The maximum absolute atomic E-state index is 12.2. The number of rotatable bonds is 5. The lowest BCUT2D eigenvalue weighted by molar-refractivity contribution is 0.128. The Hall–Kier alpha value is -0.810. The Labute approximate surface area is 128 Å². The molecular formula is C16H31N3O2. The van der Waals surface area contributed by atoms with Crippen LogP contribution >= 0.6 is 0 Å². The largest absolute Gasteiger partial charge is 0.396 e. The highest BCUT2D eigenvalue weighted by Gasteiger charge is 2.23. The number of hydrogen-bond donors (Lipinski definition) is 2. The fraction of sp³-hybridized carbons (Fsp3) is 0.938. The van der Waals surface area contributed by atoms with Gasteiger partial charge >= 0.3 is 6.03 Å². The Kier molecular flexibility index (Phi) is 6.77. The SMILES string of the molecule is CC(CNC(=O)N1CCCC(CO)C1)CN1CCCCC1. The highest BCUT2D eigenvalue weighted by molar-refractivity contribution is 5.74. The summed E-state index contributed by atoms with van der Waals surface area (Å²) in [5.41, 5.74) is 0. The van der Waals surface area contributed by atoms with E-state index >= 15 is 0 Å². The van der Waals surface area contributed by atoms with Gasteiger partial charge in [-0.2, -0.15) is 0 Å². The summed E-state index contributed by atoms with van der Waals surface area (Å²) in [6.07, 6.45) is 6.03. The average molecular weight is 297 g/mol. The van der Waals surface area contributed by atoms with Gasteiger partial charge in [-0.25, -0.2) is 4.79 Å². The monoisotopic (exact) mass is 297 g/mol. The number of nitrogens with zero attached hydrogens (tertiary/aromatic N) is 2. The second-order valence-corrected chi connectivity index (χ2v) is 6.79. The number of hydrogen-bond acceptors (Lipinski definition) is 3. The van der Waals surface area contributed by atoms with Crippen LogP contribution in [0.1, 0.15) is 39.0 Å². The van der Waals surface area contributed by atoms with Crippen molar-refractivity contribution in [3.8, 4) is 0 Å².